The zero-order chi connectivity index (χ0) is 53.2. The van der Waals surface area contributed by atoms with Gasteiger partial charge < -0.3 is 9.80 Å². The van der Waals surface area contributed by atoms with Crippen molar-refractivity contribution in [2.75, 3.05) is 9.80 Å². The van der Waals surface area contributed by atoms with Crippen molar-refractivity contribution in [3.05, 3.63) is 202 Å². The molecule has 5 aromatic carbocycles. The van der Waals surface area contributed by atoms with E-state index in [2.05, 4.69) is 253 Å². The van der Waals surface area contributed by atoms with Crippen LogP contribution >= 0.6 is 11.3 Å². The molecule has 4 aliphatic carbocycles. The maximum Gasteiger partial charge on any atom is 0.264 e. The van der Waals surface area contributed by atoms with Gasteiger partial charge in [0.15, 0.2) is 0 Å². The summed E-state index contributed by atoms with van der Waals surface area (Å²) in [5.41, 5.74) is 27.2. The smallest absolute Gasteiger partial charge is 0.264 e. The van der Waals surface area contributed by atoms with Gasteiger partial charge in [-0.2, -0.15) is 0 Å². The minimum absolute atomic E-state index is 0.0386. The van der Waals surface area contributed by atoms with Crippen molar-refractivity contribution in [3.63, 3.8) is 0 Å². The zero-order valence-corrected chi connectivity index (χ0v) is 47.8. The minimum Gasteiger partial charge on any atom is -0.311 e. The van der Waals surface area contributed by atoms with Crippen LogP contribution in [0.25, 0.3) is 37.9 Å². The summed E-state index contributed by atoms with van der Waals surface area (Å²) >= 11 is 1.98. The van der Waals surface area contributed by atoms with E-state index in [0.717, 1.165) is 28.0 Å². The predicted octanol–water partition coefficient (Wildman–Crippen LogP) is 17.3. The maximum atomic E-state index is 6.37. The molecule has 0 bridgehead atoms. The summed E-state index contributed by atoms with van der Waals surface area (Å²) in [6.07, 6.45) is 24.9. The number of hydrogen-bond acceptors (Lipinski definition) is 3. The van der Waals surface area contributed by atoms with Crippen LogP contribution in [0.3, 0.4) is 0 Å². The SMILES string of the molecule is C#CC1=C(/C=C\C)c2cc(-c3cc4c5c(c3)N(C(=C)/C=C\C(=C/C)C(C)(C)C)c3c(sc6cc7c(cc36)-c3ccccc3C7(C)C)B5c3cc(C(C)(C)C)ccc3N4C3=CC4=C(C(C)(C)C)C4C=C3)ccc2C1(C)C. The number of terminal acetylenes is 1. The molecule has 12 rings (SSSR count). The van der Waals surface area contributed by atoms with Gasteiger partial charge in [-0.3, -0.25) is 0 Å². The van der Waals surface area contributed by atoms with Crippen molar-refractivity contribution in [1.82, 2.24) is 0 Å². The molecule has 0 amide bonds. The van der Waals surface area contributed by atoms with Crippen molar-refractivity contribution >= 4 is 72.2 Å². The fourth-order valence-electron chi connectivity index (χ4n) is 13.7. The van der Waals surface area contributed by atoms with E-state index < -0.39 is 0 Å². The molecular weight excluding hydrogens is 924 g/mol. The van der Waals surface area contributed by atoms with Gasteiger partial charge >= 0.3 is 0 Å². The van der Waals surface area contributed by atoms with Crippen LogP contribution < -0.4 is 25.5 Å². The van der Waals surface area contributed by atoms with Gasteiger partial charge in [0.05, 0.1) is 5.69 Å². The van der Waals surface area contributed by atoms with Crippen LogP contribution in [0, 0.1) is 29.1 Å². The Hall–Kier alpha value is -6.80. The summed E-state index contributed by atoms with van der Waals surface area (Å²) in [6, 6.07) is 33.6. The van der Waals surface area contributed by atoms with Crippen LogP contribution in [-0.4, -0.2) is 6.71 Å². The van der Waals surface area contributed by atoms with Crippen molar-refractivity contribution in [2.45, 2.75) is 120 Å². The van der Waals surface area contributed by atoms with E-state index in [0.29, 0.717) is 5.92 Å². The molecule has 0 fully saturated rings. The second-order valence-electron chi connectivity index (χ2n) is 26.1. The van der Waals surface area contributed by atoms with Crippen LogP contribution in [0.2, 0.25) is 0 Å². The molecule has 2 nitrogen and oxygen atoms in total. The summed E-state index contributed by atoms with van der Waals surface area (Å²) in [4.78, 5) is 5.16. The average molecular weight is 995 g/mol. The van der Waals surface area contributed by atoms with Gasteiger partial charge in [0.2, 0.25) is 0 Å². The summed E-state index contributed by atoms with van der Waals surface area (Å²) in [7, 11) is 0. The van der Waals surface area contributed by atoms with Crippen LogP contribution in [0.4, 0.5) is 22.7 Å². The van der Waals surface area contributed by atoms with Gasteiger partial charge in [0.25, 0.3) is 6.71 Å². The second-order valence-corrected chi connectivity index (χ2v) is 27.2. The van der Waals surface area contributed by atoms with E-state index in [1.165, 1.54) is 110 Å². The Morgan fingerprint density at radius 3 is 2.17 bits per heavy atom. The molecule has 374 valence electrons. The topological polar surface area (TPSA) is 6.48 Å². The van der Waals surface area contributed by atoms with Crippen LogP contribution in [0.15, 0.2) is 174 Å². The highest BCUT2D eigenvalue weighted by atomic mass is 32.1. The Morgan fingerprint density at radius 2 is 1.48 bits per heavy atom. The molecule has 75 heavy (non-hydrogen) atoms. The molecule has 1 unspecified atom stereocenters. The number of thiophene rings is 1. The number of allylic oxidation sites excluding steroid dienone is 13. The highest BCUT2D eigenvalue weighted by Gasteiger charge is 2.49. The first-order valence-electron chi connectivity index (χ1n) is 27.2. The monoisotopic (exact) mass is 995 g/mol. The molecule has 0 saturated carbocycles. The first-order valence-corrected chi connectivity index (χ1v) is 28.0. The number of hydrogen-bond donors (Lipinski definition) is 0. The molecule has 2 aliphatic heterocycles. The average Bonchev–Trinajstić information content (AvgIpc) is 3.90. The Morgan fingerprint density at radius 1 is 0.747 bits per heavy atom. The van der Waals surface area contributed by atoms with E-state index in [1.54, 1.807) is 0 Å². The first-order chi connectivity index (χ1) is 35.4. The molecule has 0 spiro atoms. The lowest BCUT2D eigenvalue weighted by Gasteiger charge is -2.44. The number of nitrogens with zero attached hydrogens (tertiary/aromatic N) is 2. The van der Waals surface area contributed by atoms with Crippen LogP contribution in [0.1, 0.15) is 132 Å². The van der Waals surface area contributed by atoms with Crippen molar-refractivity contribution < 1.29 is 0 Å². The largest absolute Gasteiger partial charge is 0.311 e. The molecule has 0 N–H and O–H groups in total. The Labute approximate surface area is 452 Å². The predicted molar refractivity (Wildman–Crippen MR) is 328 cm³/mol. The highest BCUT2D eigenvalue weighted by Crippen LogP contribution is 2.57. The van der Waals surface area contributed by atoms with Gasteiger partial charge in [0, 0.05) is 65.6 Å². The first kappa shape index (κ1) is 49.1. The quantitative estimate of drug-likeness (QED) is 0.0932. The number of fused-ring (bicyclic) bond motifs is 11. The standard InChI is InChI=1S/C71H71BN2S/c1-18-23-47-50-34-42(27-32-56(50)70(14,15)54(47)20-3)43-35-60-64-61(36-43)74(46-30-31-49-52(38-46)63(49)69(11,12)13)59-33-29-45(68(8,9)10)37-58(59)72(64)66-65(73(60)41(4)26-28-44(19-2)67(5,6)7)53-39-51-48-24-21-22-25-55(48)71(16,17)57(51)40-62(53)75-66/h3,18-19,21-40,49H,4H2,1-2,5-17H3/b23-18-,28-26-,44-19+. The number of benzene rings is 5. The molecule has 1 atom stereocenters. The number of anilines is 4. The van der Waals surface area contributed by atoms with E-state index >= 15 is 0 Å². The third-order valence-corrected chi connectivity index (χ3v) is 18.7. The molecule has 6 aliphatic rings. The summed E-state index contributed by atoms with van der Waals surface area (Å²) < 4.78 is 2.67. The number of rotatable bonds is 6. The third kappa shape index (κ3) is 7.20. The molecule has 3 heterocycles. The fraction of sp³-hybridized carbons (Fsp3) is 0.296. The molecule has 6 aromatic rings. The second kappa shape index (κ2) is 16.4. The lowest BCUT2D eigenvalue weighted by atomic mass is 9.36. The Bertz CT molecular complexity index is 3830. The summed E-state index contributed by atoms with van der Waals surface area (Å²) in [5.74, 6) is 3.53. The van der Waals surface area contributed by atoms with Crippen molar-refractivity contribution in [2.24, 2.45) is 16.7 Å². The zero-order valence-electron chi connectivity index (χ0n) is 46.9. The van der Waals surface area contributed by atoms with Gasteiger partial charge in [0.1, 0.15) is 0 Å². The Kier molecular flexibility index (Phi) is 10.7. The van der Waals surface area contributed by atoms with E-state index in [-0.39, 0.29) is 33.8 Å². The van der Waals surface area contributed by atoms with E-state index in [1.807, 2.05) is 11.3 Å². The van der Waals surface area contributed by atoms with Gasteiger partial charge in [-0.1, -0.05) is 181 Å². The lowest BCUT2D eigenvalue weighted by molar-refractivity contribution is 0.509. The maximum absolute atomic E-state index is 6.37. The third-order valence-electron chi connectivity index (χ3n) is 17.5. The van der Waals surface area contributed by atoms with Crippen LogP contribution in [-0.2, 0) is 16.2 Å². The van der Waals surface area contributed by atoms with E-state index in [4.69, 9.17) is 13.0 Å². The molecule has 0 radical (unpaired) electrons. The Balaban J connectivity index is 1.20. The van der Waals surface area contributed by atoms with Crippen molar-refractivity contribution in [1.29, 1.82) is 0 Å². The lowest BCUT2D eigenvalue weighted by Crippen LogP contribution is -2.61. The summed E-state index contributed by atoms with van der Waals surface area (Å²) in [6.45, 7) is 39.6. The summed E-state index contributed by atoms with van der Waals surface area (Å²) in [5, 5.41) is 1.27. The van der Waals surface area contributed by atoms with Crippen LogP contribution in [0.5, 0.6) is 0 Å². The molecule has 4 heteroatoms. The molecule has 0 saturated heterocycles. The van der Waals surface area contributed by atoms with E-state index in [9.17, 15) is 0 Å². The van der Waals surface area contributed by atoms with Crippen molar-refractivity contribution in [3.8, 4) is 34.6 Å². The van der Waals surface area contributed by atoms with Gasteiger partial charge in [-0.25, -0.2) is 0 Å². The minimum atomic E-state index is -0.286. The van der Waals surface area contributed by atoms with Gasteiger partial charge in [-0.15, -0.1) is 17.8 Å². The molecular formula is C71H71BN2S. The molecule has 1 aromatic heterocycles. The van der Waals surface area contributed by atoms with Gasteiger partial charge in [-0.05, 0) is 168 Å². The normalized spacial score (nSPS) is 18.8. The highest BCUT2D eigenvalue weighted by molar-refractivity contribution is 7.33. The fourth-order valence-corrected chi connectivity index (χ4v) is 15.0.